The maximum atomic E-state index is 12.5. The van der Waals surface area contributed by atoms with Gasteiger partial charge in [-0.1, -0.05) is 22.0 Å². The Bertz CT molecular complexity index is 601. The van der Waals surface area contributed by atoms with Gasteiger partial charge in [-0.2, -0.15) is 0 Å². The van der Waals surface area contributed by atoms with E-state index in [2.05, 4.69) is 21.2 Å². The van der Waals surface area contributed by atoms with E-state index in [1.54, 1.807) is 0 Å². The quantitative estimate of drug-likeness (QED) is 0.848. The standard InChI is InChI=1S/C18H22BrNO2/c19-14-2-1-3-15(5-14)20-16(21)10-17-6-12-4-13(7-17)9-18(22,8-12)11-17/h1-3,5,12-13,22H,4,6-11H2,(H,20,21)/t12-,13+,17?,18?. The fourth-order valence-electron chi connectivity index (χ4n) is 5.72. The Morgan fingerprint density at radius 1 is 1.27 bits per heavy atom. The molecular formula is C18H22BrNO2. The molecule has 4 bridgehead atoms. The van der Waals surface area contributed by atoms with E-state index >= 15 is 0 Å². The fraction of sp³-hybridized carbons (Fsp3) is 0.611. The molecule has 0 heterocycles. The summed E-state index contributed by atoms with van der Waals surface area (Å²) in [4.78, 5) is 12.5. The van der Waals surface area contributed by atoms with Gasteiger partial charge in [0, 0.05) is 16.6 Å². The lowest BCUT2D eigenvalue weighted by Crippen LogP contribution is -2.56. The highest BCUT2D eigenvalue weighted by atomic mass is 79.9. The van der Waals surface area contributed by atoms with Crippen molar-refractivity contribution in [2.24, 2.45) is 17.3 Å². The van der Waals surface area contributed by atoms with E-state index in [9.17, 15) is 9.90 Å². The number of carbonyl (C=O) groups excluding carboxylic acids is 1. The summed E-state index contributed by atoms with van der Waals surface area (Å²) in [6, 6.07) is 7.71. The van der Waals surface area contributed by atoms with Gasteiger partial charge < -0.3 is 10.4 Å². The molecule has 4 atom stereocenters. The van der Waals surface area contributed by atoms with E-state index < -0.39 is 5.60 Å². The summed E-state index contributed by atoms with van der Waals surface area (Å²) < 4.78 is 0.967. The van der Waals surface area contributed by atoms with Crippen molar-refractivity contribution in [3.8, 4) is 0 Å². The highest BCUT2D eigenvalue weighted by Crippen LogP contribution is 2.62. The molecule has 22 heavy (non-hydrogen) atoms. The maximum Gasteiger partial charge on any atom is 0.224 e. The molecule has 2 unspecified atom stereocenters. The molecule has 1 amide bonds. The van der Waals surface area contributed by atoms with Crippen molar-refractivity contribution in [2.45, 2.75) is 50.5 Å². The van der Waals surface area contributed by atoms with Crippen LogP contribution in [0.2, 0.25) is 0 Å². The first-order valence-corrected chi connectivity index (χ1v) is 9.01. The molecule has 5 rings (SSSR count). The SMILES string of the molecule is O=C(CC12C[C@@H]3C[C@@H](CC(O)(C3)C1)C2)Nc1cccc(Br)c1. The highest BCUT2D eigenvalue weighted by Gasteiger charge is 2.57. The minimum absolute atomic E-state index is 0.0366. The third kappa shape index (κ3) is 2.71. The van der Waals surface area contributed by atoms with E-state index in [0.29, 0.717) is 18.3 Å². The van der Waals surface area contributed by atoms with E-state index in [1.165, 1.54) is 6.42 Å². The smallest absolute Gasteiger partial charge is 0.224 e. The van der Waals surface area contributed by atoms with Crippen molar-refractivity contribution in [1.82, 2.24) is 0 Å². The predicted molar refractivity (Wildman–Crippen MR) is 89.5 cm³/mol. The highest BCUT2D eigenvalue weighted by molar-refractivity contribution is 9.10. The van der Waals surface area contributed by atoms with Crippen LogP contribution in [-0.4, -0.2) is 16.6 Å². The van der Waals surface area contributed by atoms with Crippen molar-refractivity contribution < 1.29 is 9.90 Å². The number of amides is 1. The monoisotopic (exact) mass is 363 g/mol. The second-order valence-corrected chi connectivity index (χ2v) is 8.84. The molecule has 2 N–H and O–H groups in total. The van der Waals surface area contributed by atoms with Gasteiger partial charge in [-0.05, 0) is 74.0 Å². The topological polar surface area (TPSA) is 49.3 Å². The van der Waals surface area contributed by atoms with E-state index in [-0.39, 0.29) is 11.3 Å². The molecule has 0 radical (unpaired) electrons. The van der Waals surface area contributed by atoms with E-state index in [4.69, 9.17) is 0 Å². The van der Waals surface area contributed by atoms with Gasteiger partial charge in [0.15, 0.2) is 0 Å². The molecule has 0 saturated heterocycles. The second-order valence-electron chi connectivity index (χ2n) is 7.92. The Balaban J connectivity index is 1.47. The Morgan fingerprint density at radius 2 is 2.00 bits per heavy atom. The predicted octanol–water partition coefficient (Wildman–Crippen LogP) is 4.11. The molecule has 3 nitrogen and oxygen atoms in total. The number of carbonyl (C=O) groups is 1. The molecule has 0 aliphatic heterocycles. The van der Waals surface area contributed by atoms with Crippen LogP contribution in [-0.2, 0) is 4.79 Å². The molecule has 1 aromatic rings. The first-order chi connectivity index (χ1) is 10.4. The number of benzene rings is 1. The molecule has 1 aromatic carbocycles. The lowest BCUT2D eigenvalue weighted by atomic mass is 9.47. The molecular weight excluding hydrogens is 342 g/mol. The van der Waals surface area contributed by atoms with Crippen molar-refractivity contribution in [1.29, 1.82) is 0 Å². The number of hydrogen-bond acceptors (Lipinski definition) is 2. The molecule has 4 aliphatic carbocycles. The van der Waals surface area contributed by atoms with Crippen molar-refractivity contribution in [3.05, 3.63) is 28.7 Å². The summed E-state index contributed by atoms with van der Waals surface area (Å²) in [7, 11) is 0. The van der Waals surface area contributed by atoms with Crippen LogP contribution in [0.3, 0.4) is 0 Å². The summed E-state index contributed by atoms with van der Waals surface area (Å²) in [5, 5.41) is 13.8. The molecule has 4 fully saturated rings. The van der Waals surface area contributed by atoms with Gasteiger partial charge in [-0.25, -0.2) is 0 Å². The lowest BCUT2D eigenvalue weighted by Gasteiger charge is -2.60. The molecule has 0 aromatic heterocycles. The number of rotatable bonds is 3. The lowest BCUT2D eigenvalue weighted by molar-refractivity contribution is -0.167. The van der Waals surface area contributed by atoms with Gasteiger partial charge in [-0.3, -0.25) is 4.79 Å². The summed E-state index contributed by atoms with van der Waals surface area (Å²) in [6.45, 7) is 0. The number of nitrogens with one attached hydrogen (secondary N) is 1. The minimum Gasteiger partial charge on any atom is -0.390 e. The fourth-order valence-corrected chi connectivity index (χ4v) is 6.12. The van der Waals surface area contributed by atoms with E-state index in [1.807, 2.05) is 24.3 Å². The minimum atomic E-state index is -0.486. The molecule has 0 spiro atoms. The maximum absolute atomic E-state index is 12.5. The number of hydrogen-bond donors (Lipinski definition) is 2. The summed E-state index contributed by atoms with van der Waals surface area (Å²) in [5.74, 6) is 1.35. The summed E-state index contributed by atoms with van der Waals surface area (Å²) in [5.41, 5.74) is 0.387. The normalized spacial score (nSPS) is 39.0. The molecule has 4 saturated carbocycles. The van der Waals surface area contributed by atoms with Crippen LogP contribution in [0.1, 0.15) is 44.9 Å². The Kier molecular flexibility index (Phi) is 3.39. The van der Waals surface area contributed by atoms with Gasteiger partial charge in [-0.15, -0.1) is 0 Å². The van der Waals surface area contributed by atoms with Crippen LogP contribution in [0.4, 0.5) is 5.69 Å². The van der Waals surface area contributed by atoms with Crippen molar-refractivity contribution in [2.75, 3.05) is 5.32 Å². The third-order valence-corrected chi connectivity index (χ3v) is 6.29. The van der Waals surface area contributed by atoms with Crippen molar-refractivity contribution in [3.63, 3.8) is 0 Å². The van der Waals surface area contributed by atoms with Crippen LogP contribution in [0.15, 0.2) is 28.7 Å². The third-order valence-electron chi connectivity index (χ3n) is 5.80. The Labute approximate surface area is 139 Å². The van der Waals surface area contributed by atoms with Crippen LogP contribution < -0.4 is 5.32 Å². The van der Waals surface area contributed by atoms with Gasteiger partial charge >= 0.3 is 0 Å². The Hall–Kier alpha value is -0.870. The Morgan fingerprint density at radius 3 is 2.64 bits per heavy atom. The first-order valence-electron chi connectivity index (χ1n) is 8.22. The van der Waals surface area contributed by atoms with Crippen LogP contribution >= 0.6 is 15.9 Å². The number of aliphatic hydroxyl groups is 1. The first kappa shape index (κ1) is 14.7. The number of anilines is 1. The number of halogens is 1. The summed E-state index contributed by atoms with van der Waals surface area (Å²) in [6.07, 6.45) is 6.79. The van der Waals surface area contributed by atoms with Crippen LogP contribution in [0.25, 0.3) is 0 Å². The second kappa shape index (κ2) is 5.07. The van der Waals surface area contributed by atoms with Crippen LogP contribution in [0, 0.1) is 17.3 Å². The molecule has 118 valence electrons. The average molecular weight is 364 g/mol. The zero-order valence-electron chi connectivity index (χ0n) is 12.6. The van der Waals surface area contributed by atoms with Gasteiger partial charge in [0.1, 0.15) is 0 Å². The molecule has 4 aliphatic rings. The van der Waals surface area contributed by atoms with Crippen LogP contribution in [0.5, 0.6) is 0 Å². The summed E-state index contributed by atoms with van der Waals surface area (Å²) >= 11 is 3.43. The van der Waals surface area contributed by atoms with Crippen molar-refractivity contribution >= 4 is 27.5 Å². The van der Waals surface area contributed by atoms with Gasteiger partial charge in [0.25, 0.3) is 0 Å². The largest absolute Gasteiger partial charge is 0.390 e. The zero-order chi connectivity index (χ0) is 15.4. The average Bonchev–Trinajstić information content (AvgIpc) is 2.34. The van der Waals surface area contributed by atoms with Gasteiger partial charge in [0.05, 0.1) is 5.60 Å². The van der Waals surface area contributed by atoms with E-state index in [0.717, 1.165) is 42.3 Å². The zero-order valence-corrected chi connectivity index (χ0v) is 14.2. The van der Waals surface area contributed by atoms with Gasteiger partial charge in [0.2, 0.25) is 5.91 Å². The molecule has 4 heteroatoms.